The molecule has 0 saturated heterocycles. The number of halogens is 3. The molecule has 0 bridgehead atoms. The van der Waals surface area contributed by atoms with Crippen LogP contribution >= 0.6 is 23.2 Å². The van der Waals surface area contributed by atoms with Gasteiger partial charge in [0.25, 0.3) is 0 Å². The van der Waals surface area contributed by atoms with Crippen LogP contribution in [0.15, 0.2) is 42.5 Å². The molecule has 114 valence electrons. The number of carbonyl (C=O) groups excluding carboxylic acids is 2. The Morgan fingerprint density at radius 3 is 2.18 bits per heavy atom. The van der Waals surface area contributed by atoms with Crippen LogP contribution in [-0.2, 0) is 9.59 Å². The van der Waals surface area contributed by atoms with E-state index < -0.39 is 24.1 Å². The highest BCUT2D eigenvalue weighted by Gasteiger charge is 2.13. The summed E-state index contributed by atoms with van der Waals surface area (Å²) in [6.45, 7) is 0. The van der Waals surface area contributed by atoms with Crippen LogP contribution in [0.3, 0.4) is 0 Å². The van der Waals surface area contributed by atoms with Gasteiger partial charge in [-0.1, -0.05) is 35.3 Å². The van der Waals surface area contributed by atoms with E-state index >= 15 is 0 Å². The molecule has 0 aliphatic carbocycles. The van der Waals surface area contributed by atoms with Crippen molar-refractivity contribution in [3.8, 4) is 0 Å². The number of amides is 2. The molecular formula is C15H11Cl2FN2O2. The zero-order valence-corrected chi connectivity index (χ0v) is 12.7. The molecule has 0 atom stereocenters. The highest BCUT2D eigenvalue weighted by molar-refractivity contribution is 6.39. The minimum atomic E-state index is -0.580. The smallest absolute Gasteiger partial charge is 0.233 e. The highest BCUT2D eigenvalue weighted by Crippen LogP contribution is 2.29. The Hall–Kier alpha value is -2.11. The summed E-state index contributed by atoms with van der Waals surface area (Å²) < 4.78 is 13.0. The topological polar surface area (TPSA) is 58.2 Å². The molecule has 2 aromatic rings. The van der Waals surface area contributed by atoms with E-state index in [0.717, 1.165) is 6.07 Å². The predicted molar refractivity (Wildman–Crippen MR) is 84.7 cm³/mol. The molecule has 0 saturated carbocycles. The van der Waals surface area contributed by atoms with Crippen molar-refractivity contribution < 1.29 is 14.0 Å². The lowest BCUT2D eigenvalue weighted by Gasteiger charge is -2.09. The first-order valence-corrected chi connectivity index (χ1v) is 7.00. The van der Waals surface area contributed by atoms with Crippen LogP contribution in [0.1, 0.15) is 6.42 Å². The number of rotatable bonds is 4. The second-order valence-corrected chi connectivity index (χ2v) is 5.19. The first-order valence-electron chi connectivity index (χ1n) is 6.25. The SMILES string of the molecule is O=C(CC(=O)Nc1c(Cl)cccc1Cl)Nc1cccc(F)c1. The van der Waals surface area contributed by atoms with E-state index in [9.17, 15) is 14.0 Å². The summed E-state index contributed by atoms with van der Waals surface area (Å²) in [5, 5.41) is 5.43. The van der Waals surface area contributed by atoms with Crippen molar-refractivity contribution in [1.82, 2.24) is 0 Å². The van der Waals surface area contributed by atoms with Crippen molar-refractivity contribution in [2.24, 2.45) is 0 Å². The number of hydrogen-bond donors (Lipinski definition) is 2. The highest BCUT2D eigenvalue weighted by atomic mass is 35.5. The average Bonchev–Trinajstić information content (AvgIpc) is 2.43. The van der Waals surface area contributed by atoms with Gasteiger partial charge < -0.3 is 10.6 Å². The Balaban J connectivity index is 1.96. The summed E-state index contributed by atoms with van der Waals surface area (Å²) in [7, 11) is 0. The summed E-state index contributed by atoms with van der Waals surface area (Å²) >= 11 is 11.8. The summed E-state index contributed by atoms with van der Waals surface area (Å²) in [5.41, 5.74) is 0.517. The van der Waals surface area contributed by atoms with Crippen LogP contribution in [-0.4, -0.2) is 11.8 Å². The molecule has 0 aliphatic rings. The van der Waals surface area contributed by atoms with Gasteiger partial charge in [-0.3, -0.25) is 9.59 Å². The van der Waals surface area contributed by atoms with E-state index in [1.54, 1.807) is 18.2 Å². The van der Waals surface area contributed by atoms with Crippen LogP contribution in [0.5, 0.6) is 0 Å². The van der Waals surface area contributed by atoms with Crippen LogP contribution in [0, 0.1) is 5.82 Å². The summed E-state index contributed by atoms with van der Waals surface area (Å²) in [5.74, 6) is -1.64. The van der Waals surface area contributed by atoms with Crippen molar-refractivity contribution in [3.05, 3.63) is 58.3 Å². The first-order chi connectivity index (χ1) is 10.5. The second-order valence-electron chi connectivity index (χ2n) is 4.38. The van der Waals surface area contributed by atoms with Crippen molar-refractivity contribution >= 4 is 46.4 Å². The van der Waals surface area contributed by atoms with Crippen LogP contribution in [0.25, 0.3) is 0 Å². The molecule has 0 unspecified atom stereocenters. The third kappa shape index (κ3) is 4.44. The van der Waals surface area contributed by atoms with Gasteiger partial charge in [-0.2, -0.15) is 0 Å². The molecule has 0 fully saturated rings. The number of hydrogen-bond acceptors (Lipinski definition) is 2. The molecule has 7 heteroatoms. The molecule has 0 radical (unpaired) electrons. The summed E-state index contributed by atoms with van der Waals surface area (Å²) in [4.78, 5) is 23.6. The van der Waals surface area contributed by atoms with E-state index in [4.69, 9.17) is 23.2 Å². The average molecular weight is 341 g/mol. The Morgan fingerprint density at radius 1 is 0.955 bits per heavy atom. The van der Waals surface area contributed by atoms with Gasteiger partial charge in [-0.25, -0.2) is 4.39 Å². The van der Waals surface area contributed by atoms with E-state index in [-0.39, 0.29) is 21.4 Å². The predicted octanol–water partition coefficient (Wildman–Crippen LogP) is 4.10. The van der Waals surface area contributed by atoms with E-state index in [0.29, 0.717) is 0 Å². The molecule has 0 heterocycles. The maximum atomic E-state index is 13.0. The molecule has 2 aromatic carbocycles. The van der Waals surface area contributed by atoms with Gasteiger partial charge >= 0.3 is 0 Å². The maximum Gasteiger partial charge on any atom is 0.233 e. The summed E-state index contributed by atoms with van der Waals surface area (Å²) in [6.07, 6.45) is -0.446. The van der Waals surface area contributed by atoms with Gasteiger partial charge in [-0.15, -0.1) is 0 Å². The number of carbonyl (C=O) groups is 2. The monoisotopic (exact) mass is 340 g/mol. The lowest BCUT2D eigenvalue weighted by atomic mass is 10.2. The molecule has 2 N–H and O–H groups in total. The third-order valence-electron chi connectivity index (χ3n) is 2.66. The van der Waals surface area contributed by atoms with E-state index in [1.807, 2.05) is 0 Å². The van der Waals surface area contributed by atoms with Gasteiger partial charge in [-0.05, 0) is 30.3 Å². The lowest BCUT2D eigenvalue weighted by molar-refractivity contribution is -0.123. The molecule has 0 spiro atoms. The molecular weight excluding hydrogens is 330 g/mol. The number of para-hydroxylation sites is 1. The van der Waals surface area contributed by atoms with Gasteiger partial charge in [0.1, 0.15) is 12.2 Å². The third-order valence-corrected chi connectivity index (χ3v) is 3.29. The van der Waals surface area contributed by atoms with E-state index in [1.165, 1.54) is 18.2 Å². The number of benzene rings is 2. The van der Waals surface area contributed by atoms with Crippen molar-refractivity contribution in [2.75, 3.05) is 10.6 Å². The van der Waals surface area contributed by atoms with Gasteiger partial charge in [0.15, 0.2) is 0 Å². The van der Waals surface area contributed by atoms with Crippen molar-refractivity contribution in [2.45, 2.75) is 6.42 Å². The standard InChI is InChI=1S/C15H11Cl2FN2O2/c16-11-5-2-6-12(17)15(11)20-14(22)8-13(21)19-10-4-1-3-9(18)7-10/h1-7H,8H2,(H,19,21)(H,20,22). The van der Waals surface area contributed by atoms with Crippen LogP contribution in [0.2, 0.25) is 10.0 Å². The molecule has 0 aliphatic heterocycles. The van der Waals surface area contributed by atoms with Gasteiger partial charge in [0, 0.05) is 5.69 Å². The minimum Gasteiger partial charge on any atom is -0.326 e. The fourth-order valence-electron chi connectivity index (χ4n) is 1.72. The minimum absolute atomic E-state index is 0.245. The quantitative estimate of drug-likeness (QED) is 0.823. The molecule has 0 aromatic heterocycles. The Labute approximate surface area is 136 Å². The second kappa shape index (κ2) is 7.24. The zero-order valence-electron chi connectivity index (χ0n) is 11.2. The normalized spacial score (nSPS) is 10.1. The Morgan fingerprint density at radius 2 is 1.55 bits per heavy atom. The fraction of sp³-hybridized carbons (Fsp3) is 0.0667. The summed E-state index contributed by atoms with van der Waals surface area (Å²) in [6, 6.07) is 10.1. The van der Waals surface area contributed by atoms with Crippen LogP contribution < -0.4 is 10.6 Å². The van der Waals surface area contributed by atoms with E-state index in [2.05, 4.69) is 10.6 Å². The largest absolute Gasteiger partial charge is 0.326 e. The Bertz CT molecular complexity index is 702. The molecule has 2 amide bonds. The molecule has 2 rings (SSSR count). The molecule has 4 nitrogen and oxygen atoms in total. The molecule has 22 heavy (non-hydrogen) atoms. The number of nitrogens with one attached hydrogen (secondary N) is 2. The maximum absolute atomic E-state index is 13.0. The van der Waals surface area contributed by atoms with Gasteiger partial charge in [0.05, 0.1) is 15.7 Å². The first kappa shape index (κ1) is 16.3. The fourth-order valence-corrected chi connectivity index (χ4v) is 2.21. The Kier molecular flexibility index (Phi) is 5.35. The van der Waals surface area contributed by atoms with Gasteiger partial charge in [0.2, 0.25) is 11.8 Å². The number of anilines is 2. The lowest BCUT2D eigenvalue weighted by Crippen LogP contribution is -2.21. The van der Waals surface area contributed by atoms with Crippen molar-refractivity contribution in [3.63, 3.8) is 0 Å². The van der Waals surface area contributed by atoms with Crippen LogP contribution in [0.4, 0.5) is 15.8 Å². The van der Waals surface area contributed by atoms with Crippen molar-refractivity contribution in [1.29, 1.82) is 0 Å². The zero-order chi connectivity index (χ0) is 16.1.